The Kier molecular flexibility index (Phi) is 5.33. The van der Waals surface area contributed by atoms with E-state index in [2.05, 4.69) is 21.0 Å². The van der Waals surface area contributed by atoms with Crippen LogP contribution in [-0.4, -0.2) is 34.9 Å². The van der Waals surface area contributed by atoms with Gasteiger partial charge in [0.25, 0.3) is 11.8 Å². The molecule has 0 saturated carbocycles. The highest BCUT2D eigenvalue weighted by Gasteiger charge is 2.68. The first-order valence-electron chi connectivity index (χ1n) is 14.7. The number of carbonyl (C=O) groups is 4. The number of hydrazone groups is 1. The largest absolute Gasteiger partial charge is 0.282 e. The second-order valence-electron chi connectivity index (χ2n) is 11.9. The lowest BCUT2D eigenvalue weighted by molar-refractivity contribution is -0.122. The molecule has 2 atom stereocenters. The van der Waals surface area contributed by atoms with Gasteiger partial charge in [0.1, 0.15) is 0 Å². The Bertz CT molecular complexity index is 2110. The van der Waals surface area contributed by atoms with Crippen molar-refractivity contribution in [1.82, 2.24) is 5.01 Å². The molecule has 2 aliphatic heterocycles. The summed E-state index contributed by atoms with van der Waals surface area (Å²) in [5.74, 6) is -3.55. The summed E-state index contributed by atoms with van der Waals surface area (Å²) in [6.07, 6.45) is 1.58. The van der Waals surface area contributed by atoms with Crippen LogP contribution in [0.2, 0.25) is 0 Å². The van der Waals surface area contributed by atoms with Crippen molar-refractivity contribution in [2.45, 2.75) is 11.3 Å². The number of nitrogens with zero attached hydrogens (tertiary/aromatic N) is 3. The predicted molar refractivity (Wildman–Crippen MR) is 172 cm³/mol. The number of hydrogen-bond acceptors (Lipinski definition) is 5. The average molecular weight is 653 g/mol. The number of imide groups is 2. The summed E-state index contributed by atoms with van der Waals surface area (Å²) in [5.41, 5.74) is 3.62. The third kappa shape index (κ3) is 3.27. The van der Waals surface area contributed by atoms with Crippen molar-refractivity contribution < 1.29 is 19.2 Å². The first-order valence-corrected chi connectivity index (χ1v) is 15.5. The molecule has 45 heavy (non-hydrogen) atoms. The van der Waals surface area contributed by atoms with Crippen LogP contribution in [0.3, 0.4) is 0 Å². The smallest absolute Gasteiger partial charge is 0.274 e. The molecule has 1 saturated heterocycles. The monoisotopic (exact) mass is 651 g/mol. The number of benzene rings is 5. The topological polar surface area (TPSA) is 87.1 Å². The molecule has 1 fully saturated rings. The summed E-state index contributed by atoms with van der Waals surface area (Å²) in [5, 5.41) is 6.98. The minimum Gasteiger partial charge on any atom is -0.274 e. The molecule has 0 spiro atoms. The van der Waals surface area contributed by atoms with Gasteiger partial charge in [-0.2, -0.15) is 10.1 Å². The van der Waals surface area contributed by atoms with Crippen LogP contribution >= 0.6 is 15.9 Å². The van der Waals surface area contributed by atoms with Gasteiger partial charge < -0.3 is 0 Å². The molecule has 3 aliphatic carbocycles. The molecule has 0 unspecified atom stereocenters. The molecule has 0 radical (unpaired) electrons. The van der Waals surface area contributed by atoms with Crippen molar-refractivity contribution in [2.24, 2.45) is 16.9 Å². The van der Waals surface area contributed by atoms with E-state index in [1.807, 2.05) is 60.7 Å². The Morgan fingerprint density at radius 2 is 1.24 bits per heavy atom. The van der Waals surface area contributed by atoms with E-state index in [1.54, 1.807) is 54.7 Å². The maximum atomic E-state index is 14.6. The van der Waals surface area contributed by atoms with Crippen molar-refractivity contribution >= 4 is 62.2 Å². The lowest BCUT2D eigenvalue weighted by Gasteiger charge is -2.52. The molecule has 5 aromatic rings. The Morgan fingerprint density at radius 3 is 1.84 bits per heavy atom. The highest BCUT2D eigenvalue weighted by atomic mass is 79.9. The van der Waals surface area contributed by atoms with Gasteiger partial charge in [-0.05, 0) is 64.0 Å². The first kappa shape index (κ1) is 26.2. The SMILES string of the molecule is O=C1c2cccc3cccc(c23)C(=O)N1/N=C\C12c3ccccc3C(c3ccccc31)[C@@H]1C(=O)N(c3ccc(Br)cc3)C(=O)[C@H]12. The molecule has 10 rings (SSSR count). The highest BCUT2D eigenvalue weighted by molar-refractivity contribution is 9.10. The van der Waals surface area contributed by atoms with Gasteiger partial charge in [-0.3, -0.25) is 19.2 Å². The first-order chi connectivity index (χ1) is 21.9. The van der Waals surface area contributed by atoms with Crippen LogP contribution in [0.5, 0.6) is 0 Å². The van der Waals surface area contributed by atoms with Crippen molar-refractivity contribution in [2.75, 3.05) is 4.90 Å². The van der Waals surface area contributed by atoms with Crippen LogP contribution in [0, 0.1) is 11.8 Å². The van der Waals surface area contributed by atoms with E-state index < -0.39 is 29.1 Å². The van der Waals surface area contributed by atoms with E-state index in [4.69, 9.17) is 0 Å². The lowest BCUT2D eigenvalue weighted by atomic mass is 9.47. The standard InChI is InChI=1S/C37H22BrN3O4/c38-21-15-17-22(18-16-21)40-35(44)31-30-23-9-1-3-13-27(23)37(32(31)36(40)45,28-14-4-2-10-24(28)30)19-39-41-33(42)25-11-5-7-20-8-6-12-26(29(20)25)34(41)43/h1-19,30-32H/b39-19-/t30?,31-,32-,37?/m0/s1. The molecule has 4 amide bonds. The molecule has 0 N–H and O–H groups in total. The quantitative estimate of drug-likeness (QED) is 0.166. The van der Waals surface area contributed by atoms with E-state index in [0.717, 1.165) is 37.1 Å². The van der Waals surface area contributed by atoms with Gasteiger partial charge in [0, 0.05) is 22.0 Å². The molecule has 8 heteroatoms. The fourth-order valence-corrected chi connectivity index (χ4v) is 8.43. The van der Waals surface area contributed by atoms with E-state index in [0.29, 0.717) is 22.2 Å². The second kappa shape index (κ2) is 9.15. The van der Waals surface area contributed by atoms with E-state index in [9.17, 15) is 19.2 Å². The van der Waals surface area contributed by atoms with Gasteiger partial charge in [0.15, 0.2) is 0 Å². The van der Waals surface area contributed by atoms with Gasteiger partial charge >= 0.3 is 0 Å². The highest BCUT2D eigenvalue weighted by Crippen LogP contribution is 2.63. The molecular weight excluding hydrogens is 630 g/mol. The number of halogens is 1. The fourth-order valence-electron chi connectivity index (χ4n) is 8.17. The zero-order valence-electron chi connectivity index (χ0n) is 23.6. The van der Waals surface area contributed by atoms with E-state index in [-0.39, 0.29) is 17.7 Å². The Balaban J connectivity index is 1.27. The molecule has 5 aliphatic rings. The summed E-state index contributed by atoms with van der Waals surface area (Å²) in [7, 11) is 0. The third-order valence-electron chi connectivity index (χ3n) is 9.90. The maximum absolute atomic E-state index is 14.6. The van der Waals surface area contributed by atoms with Gasteiger partial charge in [-0.1, -0.05) is 88.7 Å². The average Bonchev–Trinajstić information content (AvgIpc) is 3.34. The van der Waals surface area contributed by atoms with Crippen LogP contribution in [0.1, 0.15) is 48.9 Å². The molecule has 5 aromatic carbocycles. The van der Waals surface area contributed by atoms with Crippen molar-refractivity contribution in [1.29, 1.82) is 0 Å². The molecule has 216 valence electrons. The number of rotatable bonds is 3. The summed E-state index contributed by atoms with van der Waals surface area (Å²) in [4.78, 5) is 58.0. The lowest BCUT2D eigenvalue weighted by Crippen LogP contribution is -2.55. The zero-order chi connectivity index (χ0) is 30.6. The van der Waals surface area contributed by atoms with Crippen molar-refractivity contribution in [3.63, 3.8) is 0 Å². The van der Waals surface area contributed by atoms with Crippen LogP contribution in [0.25, 0.3) is 10.8 Å². The summed E-state index contributed by atoms with van der Waals surface area (Å²) in [6.45, 7) is 0. The van der Waals surface area contributed by atoms with E-state index >= 15 is 0 Å². The van der Waals surface area contributed by atoms with Crippen LogP contribution in [0.4, 0.5) is 5.69 Å². The number of carbonyl (C=O) groups excluding carboxylic acids is 4. The van der Waals surface area contributed by atoms with E-state index in [1.165, 1.54) is 4.90 Å². The Labute approximate surface area is 265 Å². The Morgan fingerprint density at radius 1 is 0.667 bits per heavy atom. The minimum absolute atomic E-state index is 0.273. The minimum atomic E-state index is -1.22. The van der Waals surface area contributed by atoms with Gasteiger partial charge in [-0.15, -0.1) is 0 Å². The van der Waals surface area contributed by atoms with Gasteiger partial charge in [0.05, 0.1) is 34.1 Å². The summed E-state index contributed by atoms with van der Waals surface area (Å²) in [6, 6.07) is 33.5. The molecule has 2 bridgehead atoms. The molecule has 7 nitrogen and oxygen atoms in total. The normalized spacial score (nSPS) is 24.4. The van der Waals surface area contributed by atoms with Crippen molar-refractivity contribution in [3.8, 4) is 0 Å². The second-order valence-corrected chi connectivity index (χ2v) is 12.8. The molecular formula is C37H22BrN3O4. The third-order valence-corrected chi connectivity index (χ3v) is 10.4. The number of amides is 4. The predicted octanol–water partition coefficient (Wildman–Crippen LogP) is 6.44. The molecule has 2 heterocycles. The molecule has 0 aromatic heterocycles. The number of anilines is 1. The Hall–Kier alpha value is -5.21. The van der Waals surface area contributed by atoms with Crippen LogP contribution < -0.4 is 4.90 Å². The number of hydrogen-bond donors (Lipinski definition) is 0. The summed E-state index contributed by atoms with van der Waals surface area (Å²) < 4.78 is 0.833. The zero-order valence-corrected chi connectivity index (χ0v) is 25.1. The van der Waals surface area contributed by atoms with Crippen LogP contribution in [0.15, 0.2) is 119 Å². The van der Waals surface area contributed by atoms with Gasteiger partial charge in [-0.25, -0.2) is 4.90 Å². The summed E-state index contributed by atoms with van der Waals surface area (Å²) >= 11 is 3.44. The fraction of sp³-hybridized carbons (Fsp3) is 0.108. The van der Waals surface area contributed by atoms with Crippen molar-refractivity contribution in [3.05, 3.63) is 147 Å². The maximum Gasteiger partial charge on any atom is 0.282 e. The van der Waals surface area contributed by atoms with Crippen LogP contribution in [-0.2, 0) is 15.0 Å². The van der Waals surface area contributed by atoms with Gasteiger partial charge in [0.2, 0.25) is 11.8 Å².